The lowest BCUT2D eigenvalue weighted by Crippen LogP contribution is -2.20. The molecule has 0 saturated carbocycles. The number of benzene rings is 2. The van der Waals surface area contributed by atoms with Crippen molar-refractivity contribution in [3.8, 4) is 11.1 Å². The molecular formula is C21H22N4. The average Bonchev–Trinajstić information content (AvgIpc) is 3.35. The number of rotatable bonds is 4. The van der Waals surface area contributed by atoms with Crippen LogP contribution in [0.25, 0.3) is 11.1 Å². The Balaban J connectivity index is 1.38. The molecule has 0 unspecified atom stereocenters. The molecule has 2 aliphatic heterocycles. The Bertz CT molecular complexity index is 821. The fourth-order valence-electron chi connectivity index (χ4n) is 4.05. The summed E-state index contributed by atoms with van der Waals surface area (Å²) in [4.78, 5) is 9.03. The maximum atomic E-state index is 4.51. The molecule has 2 N–H and O–H groups in total. The molecule has 2 heterocycles. The van der Waals surface area contributed by atoms with E-state index in [0.29, 0.717) is 0 Å². The predicted molar refractivity (Wildman–Crippen MR) is 103 cm³/mol. The quantitative estimate of drug-likeness (QED) is 0.771. The van der Waals surface area contributed by atoms with Crippen LogP contribution in [0.4, 0.5) is 0 Å². The SMILES string of the molecule is c1cc2c(cc1CC1=NCCN1)Cc1cc(CC3=NCCN3)ccc1-2. The number of hydrogen-bond acceptors (Lipinski definition) is 4. The minimum Gasteiger partial charge on any atom is -0.372 e. The molecular weight excluding hydrogens is 308 g/mol. The standard InChI is InChI=1S/C21H22N4/c1-3-18-16(9-14(1)11-20-22-5-6-23-20)13-17-10-15(2-4-19(17)18)12-21-24-7-8-25-21/h1-4,9-10H,5-8,11-13H2,(H,22,23)(H,24,25). The van der Waals surface area contributed by atoms with E-state index in [1.807, 2.05) is 0 Å². The van der Waals surface area contributed by atoms with E-state index in [4.69, 9.17) is 0 Å². The smallest absolute Gasteiger partial charge is 0.101 e. The zero-order valence-corrected chi connectivity index (χ0v) is 14.3. The monoisotopic (exact) mass is 330 g/mol. The van der Waals surface area contributed by atoms with Gasteiger partial charge in [-0.15, -0.1) is 0 Å². The Kier molecular flexibility index (Phi) is 3.54. The van der Waals surface area contributed by atoms with Crippen molar-refractivity contribution in [1.82, 2.24) is 10.6 Å². The summed E-state index contributed by atoms with van der Waals surface area (Å²) >= 11 is 0. The van der Waals surface area contributed by atoms with Gasteiger partial charge in [0, 0.05) is 25.9 Å². The predicted octanol–water partition coefficient (Wildman–Crippen LogP) is 2.35. The molecule has 3 aliphatic rings. The molecule has 0 bridgehead atoms. The highest BCUT2D eigenvalue weighted by atomic mass is 15.1. The van der Waals surface area contributed by atoms with Gasteiger partial charge in [0.05, 0.1) is 13.1 Å². The van der Waals surface area contributed by atoms with Crippen LogP contribution in [-0.4, -0.2) is 37.9 Å². The van der Waals surface area contributed by atoms with Crippen LogP contribution < -0.4 is 10.6 Å². The molecule has 2 aromatic rings. The van der Waals surface area contributed by atoms with Crippen LogP contribution in [0, 0.1) is 0 Å². The van der Waals surface area contributed by atoms with Crippen LogP contribution in [0.5, 0.6) is 0 Å². The van der Waals surface area contributed by atoms with Gasteiger partial charge < -0.3 is 10.6 Å². The average molecular weight is 330 g/mol. The molecule has 4 nitrogen and oxygen atoms in total. The summed E-state index contributed by atoms with van der Waals surface area (Å²) in [6.45, 7) is 3.78. The molecule has 0 atom stereocenters. The second kappa shape index (κ2) is 6.03. The summed E-state index contributed by atoms with van der Waals surface area (Å²) in [5.74, 6) is 2.25. The summed E-state index contributed by atoms with van der Waals surface area (Å²) in [5, 5.41) is 6.73. The molecule has 126 valence electrons. The molecule has 1 aliphatic carbocycles. The zero-order valence-electron chi connectivity index (χ0n) is 14.3. The lowest BCUT2D eigenvalue weighted by molar-refractivity contribution is 0.953. The number of fused-ring (bicyclic) bond motifs is 3. The molecule has 0 aromatic heterocycles. The van der Waals surface area contributed by atoms with Gasteiger partial charge >= 0.3 is 0 Å². The highest BCUT2D eigenvalue weighted by Gasteiger charge is 2.20. The Morgan fingerprint density at radius 2 is 1.24 bits per heavy atom. The van der Waals surface area contributed by atoms with Gasteiger partial charge in [-0.1, -0.05) is 36.4 Å². The molecule has 25 heavy (non-hydrogen) atoms. The highest BCUT2D eigenvalue weighted by Crippen LogP contribution is 2.37. The fourth-order valence-corrected chi connectivity index (χ4v) is 4.05. The fraction of sp³-hybridized carbons (Fsp3) is 0.333. The van der Waals surface area contributed by atoms with Gasteiger partial charge in [0.1, 0.15) is 11.7 Å². The molecule has 5 rings (SSSR count). The summed E-state index contributed by atoms with van der Waals surface area (Å²) in [7, 11) is 0. The molecule has 0 saturated heterocycles. The molecule has 4 heteroatoms. The topological polar surface area (TPSA) is 48.8 Å². The van der Waals surface area contributed by atoms with Gasteiger partial charge in [-0.2, -0.15) is 0 Å². The number of nitrogens with zero attached hydrogens (tertiary/aromatic N) is 2. The van der Waals surface area contributed by atoms with E-state index < -0.39 is 0 Å². The van der Waals surface area contributed by atoms with Crippen LogP contribution in [-0.2, 0) is 19.3 Å². The van der Waals surface area contributed by atoms with Crippen LogP contribution in [0.2, 0.25) is 0 Å². The number of amidine groups is 2. The van der Waals surface area contributed by atoms with Gasteiger partial charge in [0.15, 0.2) is 0 Å². The molecule has 0 amide bonds. The minimum atomic E-state index is 0.911. The Morgan fingerprint density at radius 3 is 1.68 bits per heavy atom. The van der Waals surface area contributed by atoms with E-state index in [2.05, 4.69) is 57.0 Å². The first kappa shape index (κ1) is 14.7. The normalized spacial score (nSPS) is 17.4. The van der Waals surface area contributed by atoms with Crippen LogP contribution >= 0.6 is 0 Å². The molecule has 2 aromatic carbocycles. The summed E-state index contributed by atoms with van der Waals surface area (Å²) in [6.07, 6.45) is 2.87. The second-order valence-corrected chi connectivity index (χ2v) is 7.02. The first-order valence-electron chi connectivity index (χ1n) is 9.13. The van der Waals surface area contributed by atoms with Crippen molar-refractivity contribution in [2.45, 2.75) is 19.3 Å². The zero-order chi connectivity index (χ0) is 16.6. The molecule has 0 spiro atoms. The maximum Gasteiger partial charge on any atom is 0.101 e. The second-order valence-electron chi connectivity index (χ2n) is 7.02. The minimum absolute atomic E-state index is 0.911. The van der Waals surface area contributed by atoms with Crippen molar-refractivity contribution in [2.24, 2.45) is 9.98 Å². The van der Waals surface area contributed by atoms with Gasteiger partial charge in [-0.3, -0.25) is 9.98 Å². The summed E-state index contributed by atoms with van der Waals surface area (Å²) in [6, 6.07) is 13.8. The van der Waals surface area contributed by atoms with Gasteiger partial charge in [0.2, 0.25) is 0 Å². The van der Waals surface area contributed by atoms with Crippen molar-refractivity contribution in [1.29, 1.82) is 0 Å². The third-order valence-corrected chi connectivity index (χ3v) is 5.24. The Hall–Kier alpha value is -2.62. The summed E-state index contributed by atoms with van der Waals surface area (Å²) < 4.78 is 0. The van der Waals surface area contributed by atoms with E-state index in [0.717, 1.165) is 57.1 Å². The third-order valence-electron chi connectivity index (χ3n) is 5.24. The van der Waals surface area contributed by atoms with Crippen molar-refractivity contribution in [3.05, 3.63) is 58.7 Å². The van der Waals surface area contributed by atoms with Crippen molar-refractivity contribution in [3.63, 3.8) is 0 Å². The first-order chi connectivity index (χ1) is 12.3. The van der Waals surface area contributed by atoms with Crippen molar-refractivity contribution in [2.75, 3.05) is 26.2 Å². The van der Waals surface area contributed by atoms with E-state index in [1.165, 1.54) is 33.4 Å². The molecule has 0 fully saturated rings. The van der Waals surface area contributed by atoms with Crippen molar-refractivity contribution >= 4 is 11.7 Å². The molecule has 0 radical (unpaired) electrons. The summed E-state index contributed by atoms with van der Waals surface area (Å²) in [5.41, 5.74) is 8.37. The van der Waals surface area contributed by atoms with E-state index >= 15 is 0 Å². The number of aliphatic imine (C=N–C) groups is 2. The van der Waals surface area contributed by atoms with Gasteiger partial charge in [-0.05, 0) is 39.8 Å². The highest BCUT2D eigenvalue weighted by molar-refractivity contribution is 5.87. The Morgan fingerprint density at radius 1 is 0.720 bits per heavy atom. The van der Waals surface area contributed by atoms with Gasteiger partial charge in [-0.25, -0.2) is 0 Å². The van der Waals surface area contributed by atoms with Gasteiger partial charge in [0.25, 0.3) is 0 Å². The largest absolute Gasteiger partial charge is 0.372 e. The number of hydrogen-bond donors (Lipinski definition) is 2. The third kappa shape index (κ3) is 2.82. The lowest BCUT2D eigenvalue weighted by Gasteiger charge is -2.07. The van der Waals surface area contributed by atoms with E-state index in [9.17, 15) is 0 Å². The lowest BCUT2D eigenvalue weighted by atomic mass is 10.0. The maximum absolute atomic E-state index is 4.51. The van der Waals surface area contributed by atoms with Crippen molar-refractivity contribution < 1.29 is 0 Å². The van der Waals surface area contributed by atoms with E-state index in [1.54, 1.807) is 0 Å². The van der Waals surface area contributed by atoms with Crippen LogP contribution in [0.15, 0.2) is 46.4 Å². The van der Waals surface area contributed by atoms with Crippen LogP contribution in [0.1, 0.15) is 22.3 Å². The number of nitrogens with one attached hydrogen (secondary N) is 2. The van der Waals surface area contributed by atoms with Crippen LogP contribution in [0.3, 0.4) is 0 Å². The first-order valence-corrected chi connectivity index (χ1v) is 9.13. The Labute approximate surface area is 148 Å². The van der Waals surface area contributed by atoms with E-state index in [-0.39, 0.29) is 0 Å².